The molecule has 2 rings (SSSR count). The first-order chi connectivity index (χ1) is 9.53. The number of rotatable bonds is 4. The van der Waals surface area contributed by atoms with E-state index < -0.39 is 15.8 Å². The van der Waals surface area contributed by atoms with E-state index in [0.717, 1.165) is 0 Å². The third-order valence-corrected chi connectivity index (χ3v) is 5.64. The lowest BCUT2D eigenvalue weighted by Gasteiger charge is -2.22. The monoisotopic (exact) mass is 298 g/mol. The summed E-state index contributed by atoms with van der Waals surface area (Å²) >= 11 is 0. The number of carbonyl (C=O) groups excluding carboxylic acids is 1. The smallest absolute Gasteiger partial charge is 0.337 e. The Kier molecular flexibility index (Phi) is 4.77. The van der Waals surface area contributed by atoms with Gasteiger partial charge in [-0.05, 0) is 30.5 Å². The van der Waals surface area contributed by atoms with E-state index in [2.05, 4.69) is 4.74 Å². The van der Waals surface area contributed by atoms with Gasteiger partial charge in [-0.25, -0.2) is 13.2 Å². The zero-order chi connectivity index (χ0) is 14.6. The van der Waals surface area contributed by atoms with Gasteiger partial charge in [0, 0.05) is 13.2 Å². The van der Waals surface area contributed by atoms with Crippen molar-refractivity contribution in [2.45, 2.75) is 23.8 Å². The van der Waals surface area contributed by atoms with E-state index in [-0.39, 0.29) is 11.0 Å². The van der Waals surface area contributed by atoms with Gasteiger partial charge in [0.05, 0.1) is 23.7 Å². The van der Waals surface area contributed by atoms with Crippen molar-refractivity contribution >= 4 is 15.8 Å². The number of esters is 1. The Hall–Kier alpha value is -1.40. The van der Waals surface area contributed by atoms with E-state index in [1.165, 1.54) is 7.11 Å². The molecule has 1 aromatic rings. The maximum absolute atomic E-state index is 12.3. The molecule has 6 heteroatoms. The second-order valence-electron chi connectivity index (χ2n) is 4.81. The van der Waals surface area contributed by atoms with Crippen LogP contribution in [-0.4, -0.2) is 40.0 Å². The molecule has 0 aromatic heterocycles. The number of carbonyl (C=O) groups is 1. The van der Waals surface area contributed by atoms with Gasteiger partial charge in [0.1, 0.15) is 0 Å². The summed E-state index contributed by atoms with van der Waals surface area (Å²) in [5, 5.41) is -0.323. The number of sulfone groups is 1. The topological polar surface area (TPSA) is 69.7 Å². The maximum atomic E-state index is 12.3. The van der Waals surface area contributed by atoms with Gasteiger partial charge < -0.3 is 9.47 Å². The maximum Gasteiger partial charge on any atom is 0.337 e. The first kappa shape index (κ1) is 15.0. The lowest BCUT2D eigenvalue weighted by molar-refractivity contribution is 0.0600. The standard InChI is InChI=1S/C14H18O5S/c1-18-14(15)12-4-2-11(3-5-12)10-20(16,17)13-6-8-19-9-7-13/h2-5,13H,6-10H2,1H3. The Morgan fingerprint density at radius 2 is 1.85 bits per heavy atom. The molecule has 1 aliphatic rings. The molecule has 110 valence electrons. The molecule has 1 saturated heterocycles. The van der Waals surface area contributed by atoms with Crippen molar-refractivity contribution in [2.24, 2.45) is 0 Å². The average Bonchev–Trinajstić information content (AvgIpc) is 2.48. The summed E-state index contributed by atoms with van der Waals surface area (Å²) in [6, 6.07) is 6.48. The number of hydrogen-bond acceptors (Lipinski definition) is 5. The van der Waals surface area contributed by atoms with Gasteiger partial charge in [-0.15, -0.1) is 0 Å². The van der Waals surface area contributed by atoms with Crippen LogP contribution in [-0.2, 0) is 25.1 Å². The highest BCUT2D eigenvalue weighted by molar-refractivity contribution is 7.91. The van der Waals surface area contributed by atoms with Gasteiger partial charge in [0.2, 0.25) is 0 Å². The van der Waals surface area contributed by atoms with E-state index in [1.54, 1.807) is 24.3 Å². The summed E-state index contributed by atoms with van der Waals surface area (Å²) in [4.78, 5) is 11.3. The van der Waals surface area contributed by atoms with Crippen LogP contribution in [0.1, 0.15) is 28.8 Å². The highest BCUT2D eigenvalue weighted by atomic mass is 32.2. The van der Waals surface area contributed by atoms with E-state index in [1.807, 2.05) is 0 Å². The molecule has 0 aliphatic carbocycles. The molecule has 1 aliphatic heterocycles. The van der Waals surface area contributed by atoms with Crippen molar-refractivity contribution in [3.05, 3.63) is 35.4 Å². The van der Waals surface area contributed by atoms with Crippen LogP contribution in [0.5, 0.6) is 0 Å². The molecule has 0 bridgehead atoms. The number of hydrogen-bond donors (Lipinski definition) is 0. The molecule has 0 amide bonds. The normalized spacial score (nSPS) is 16.9. The van der Waals surface area contributed by atoms with Gasteiger partial charge in [0.15, 0.2) is 9.84 Å². The summed E-state index contributed by atoms with van der Waals surface area (Å²) in [6.07, 6.45) is 1.12. The fourth-order valence-corrected chi connectivity index (χ4v) is 4.04. The molecule has 1 aromatic carbocycles. The molecular weight excluding hydrogens is 280 g/mol. The van der Waals surface area contributed by atoms with Crippen molar-refractivity contribution in [2.75, 3.05) is 20.3 Å². The second kappa shape index (κ2) is 6.37. The highest BCUT2D eigenvalue weighted by Gasteiger charge is 2.27. The van der Waals surface area contributed by atoms with E-state index in [9.17, 15) is 13.2 Å². The van der Waals surface area contributed by atoms with Crippen LogP contribution in [0.3, 0.4) is 0 Å². The number of ether oxygens (including phenoxy) is 2. The Labute approximate surface area is 118 Å². The predicted octanol–water partition coefficient (Wildman–Crippen LogP) is 1.57. The first-order valence-corrected chi connectivity index (χ1v) is 8.21. The quantitative estimate of drug-likeness (QED) is 0.789. The fourth-order valence-electron chi connectivity index (χ4n) is 2.24. The summed E-state index contributed by atoms with van der Waals surface area (Å²) in [5.74, 6) is -0.428. The zero-order valence-electron chi connectivity index (χ0n) is 11.4. The third-order valence-electron chi connectivity index (χ3n) is 3.42. The van der Waals surface area contributed by atoms with Crippen LogP contribution < -0.4 is 0 Å². The molecule has 1 heterocycles. The summed E-state index contributed by atoms with van der Waals surface area (Å²) in [6.45, 7) is 1.01. The lowest BCUT2D eigenvalue weighted by Crippen LogP contribution is -2.29. The van der Waals surface area contributed by atoms with Crippen molar-refractivity contribution in [1.82, 2.24) is 0 Å². The summed E-state index contributed by atoms with van der Waals surface area (Å²) < 4.78 is 34.4. The van der Waals surface area contributed by atoms with E-state index >= 15 is 0 Å². The summed E-state index contributed by atoms with van der Waals surface area (Å²) in [5.41, 5.74) is 1.10. The molecule has 0 radical (unpaired) electrons. The molecular formula is C14H18O5S. The Balaban J connectivity index is 2.07. The molecule has 0 N–H and O–H groups in total. The Morgan fingerprint density at radius 1 is 1.25 bits per heavy atom. The molecule has 20 heavy (non-hydrogen) atoms. The van der Waals surface area contributed by atoms with Gasteiger partial charge in [-0.1, -0.05) is 12.1 Å². The van der Waals surface area contributed by atoms with E-state index in [0.29, 0.717) is 37.2 Å². The van der Waals surface area contributed by atoms with Gasteiger partial charge in [0.25, 0.3) is 0 Å². The van der Waals surface area contributed by atoms with Crippen molar-refractivity contribution < 1.29 is 22.7 Å². The molecule has 0 atom stereocenters. The minimum atomic E-state index is -3.17. The molecule has 0 saturated carbocycles. The summed E-state index contributed by atoms with van der Waals surface area (Å²) in [7, 11) is -1.86. The van der Waals surface area contributed by atoms with Crippen molar-refractivity contribution in [3.63, 3.8) is 0 Å². The van der Waals surface area contributed by atoms with Gasteiger partial charge in [-0.2, -0.15) is 0 Å². The van der Waals surface area contributed by atoms with Gasteiger partial charge >= 0.3 is 5.97 Å². The van der Waals surface area contributed by atoms with Crippen LogP contribution >= 0.6 is 0 Å². The average molecular weight is 298 g/mol. The third kappa shape index (κ3) is 3.58. The Bertz CT molecular complexity index is 556. The van der Waals surface area contributed by atoms with Crippen LogP contribution in [0.25, 0.3) is 0 Å². The molecule has 0 spiro atoms. The van der Waals surface area contributed by atoms with Crippen LogP contribution in [0.4, 0.5) is 0 Å². The Morgan fingerprint density at radius 3 is 2.40 bits per heavy atom. The molecule has 5 nitrogen and oxygen atoms in total. The number of methoxy groups -OCH3 is 1. The minimum Gasteiger partial charge on any atom is -0.465 e. The zero-order valence-corrected chi connectivity index (χ0v) is 12.2. The fraction of sp³-hybridized carbons (Fsp3) is 0.500. The van der Waals surface area contributed by atoms with Gasteiger partial charge in [-0.3, -0.25) is 0 Å². The minimum absolute atomic E-state index is 0.000874. The SMILES string of the molecule is COC(=O)c1ccc(CS(=O)(=O)C2CCOCC2)cc1. The van der Waals surface area contributed by atoms with E-state index in [4.69, 9.17) is 4.74 Å². The lowest BCUT2D eigenvalue weighted by atomic mass is 10.1. The first-order valence-electron chi connectivity index (χ1n) is 6.49. The predicted molar refractivity (Wildman–Crippen MR) is 74.2 cm³/mol. The van der Waals surface area contributed by atoms with Crippen LogP contribution in [0.2, 0.25) is 0 Å². The largest absolute Gasteiger partial charge is 0.465 e. The van der Waals surface area contributed by atoms with Crippen LogP contribution in [0, 0.1) is 0 Å². The van der Waals surface area contributed by atoms with Crippen molar-refractivity contribution in [3.8, 4) is 0 Å². The molecule has 1 fully saturated rings. The second-order valence-corrected chi connectivity index (χ2v) is 7.09. The number of benzene rings is 1. The van der Waals surface area contributed by atoms with Crippen LogP contribution in [0.15, 0.2) is 24.3 Å². The van der Waals surface area contributed by atoms with Crippen molar-refractivity contribution in [1.29, 1.82) is 0 Å². The highest BCUT2D eigenvalue weighted by Crippen LogP contribution is 2.20. The molecule has 0 unspecified atom stereocenters.